The van der Waals surface area contributed by atoms with Gasteiger partial charge in [0.1, 0.15) is 0 Å². The molecule has 0 radical (unpaired) electrons. The molecule has 15 heteroatoms. The van der Waals surface area contributed by atoms with Crippen LogP contribution in [0.1, 0.15) is 47.2 Å². The summed E-state index contributed by atoms with van der Waals surface area (Å²) in [5.41, 5.74) is -1.54. The lowest BCUT2D eigenvalue weighted by atomic mass is 9.90. The fraction of sp³-hybridized carbons (Fsp3) is 0.304. The Morgan fingerprint density at radius 2 is 0.836 bits per heavy atom. The summed E-state index contributed by atoms with van der Waals surface area (Å²) in [6.07, 6.45) is -5.21. The lowest BCUT2D eigenvalue weighted by Gasteiger charge is -2.33. The van der Waals surface area contributed by atoms with Gasteiger partial charge in [0, 0.05) is 99.3 Å². The Bertz CT molecular complexity index is 2230. The van der Waals surface area contributed by atoms with E-state index in [0.717, 1.165) is 12.1 Å². The molecule has 0 bridgehead atoms. The van der Waals surface area contributed by atoms with E-state index in [2.05, 4.69) is 0 Å². The van der Waals surface area contributed by atoms with E-state index in [9.17, 15) is 19.2 Å². The van der Waals surface area contributed by atoms with Crippen LogP contribution in [0.25, 0.3) is 34.4 Å². The Balaban J connectivity index is 1.46. The summed E-state index contributed by atoms with van der Waals surface area (Å²) in [6, 6.07) is 17.7. The molecule has 6 rings (SSSR count). The number of aryl methyl sites for hydroxylation is 2. The first-order valence-corrected chi connectivity index (χ1v) is 20.4. The topological polar surface area (TPSA) is 81.2 Å². The summed E-state index contributed by atoms with van der Waals surface area (Å²) >= 11 is 0.338. The third-order valence-corrected chi connectivity index (χ3v) is 12.0. The van der Waals surface area contributed by atoms with Crippen molar-refractivity contribution in [2.45, 2.75) is 49.8 Å². The zero-order valence-corrected chi connectivity index (χ0v) is 34.8. The van der Waals surface area contributed by atoms with Crippen LogP contribution in [0.4, 0.5) is 26.3 Å². The highest BCUT2D eigenvalue weighted by Gasteiger charge is 2.41. The summed E-state index contributed by atoms with van der Waals surface area (Å²) in [5, 5.41) is 0. The molecule has 0 unspecified atom stereocenters. The highest BCUT2D eigenvalue weighted by molar-refractivity contribution is 7.99. The Kier molecular flexibility index (Phi) is 13.5. The molecule has 2 fully saturated rings. The maximum absolute atomic E-state index is 15.6. The Hall–Kier alpha value is -5.83. The quantitative estimate of drug-likeness (QED) is 0.130. The van der Waals surface area contributed by atoms with Crippen molar-refractivity contribution < 1.29 is 45.5 Å². The van der Waals surface area contributed by atoms with Crippen LogP contribution in [-0.2, 0) is 31.5 Å². The molecule has 2 aliphatic heterocycles. The van der Waals surface area contributed by atoms with Crippen LogP contribution in [0.15, 0.2) is 94.7 Å². The number of hydrogen-bond acceptors (Lipinski definition) is 5. The zero-order valence-electron chi connectivity index (χ0n) is 34.0. The second kappa shape index (κ2) is 18.4. The van der Waals surface area contributed by atoms with Gasteiger partial charge in [-0.05, 0) is 71.5 Å². The molecular weight excluding hydrogens is 819 g/mol. The Morgan fingerprint density at radius 1 is 0.508 bits per heavy atom. The lowest BCUT2D eigenvalue weighted by molar-refractivity contribution is -0.139. The van der Waals surface area contributed by atoms with Gasteiger partial charge in [0.05, 0.1) is 11.1 Å². The number of nitrogens with zero attached hydrogens (tertiary/aromatic N) is 4. The van der Waals surface area contributed by atoms with Crippen LogP contribution in [0.5, 0.6) is 0 Å². The highest BCUT2D eigenvalue weighted by Crippen LogP contribution is 2.51. The van der Waals surface area contributed by atoms with Crippen molar-refractivity contribution in [1.82, 2.24) is 19.6 Å². The molecule has 0 saturated carbocycles. The summed E-state index contributed by atoms with van der Waals surface area (Å²) < 4.78 is 93.3. The van der Waals surface area contributed by atoms with Gasteiger partial charge in [0.15, 0.2) is 0 Å². The van der Waals surface area contributed by atoms with Crippen molar-refractivity contribution in [2.24, 2.45) is 0 Å². The van der Waals surface area contributed by atoms with Crippen LogP contribution >= 0.6 is 11.8 Å². The summed E-state index contributed by atoms with van der Waals surface area (Å²) in [5.74, 6) is -1.18. The molecular formula is C46H44F6N4O4S. The Labute approximate surface area is 354 Å². The Morgan fingerprint density at radius 3 is 1.15 bits per heavy atom. The van der Waals surface area contributed by atoms with Crippen molar-refractivity contribution in [3.8, 4) is 22.3 Å². The number of benzene rings is 4. The first-order valence-electron chi connectivity index (χ1n) is 19.6. The first-order chi connectivity index (χ1) is 28.8. The van der Waals surface area contributed by atoms with Gasteiger partial charge in [-0.2, -0.15) is 26.3 Å². The van der Waals surface area contributed by atoms with Gasteiger partial charge in [-0.3, -0.25) is 19.2 Å². The van der Waals surface area contributed by atoms with Crippen LogP contribution in [0, 0.1) is 13.8 Å². The number of halogens is 6. The molecule has 0 atom stereocenters. The second-order valence-corrected chi connectivity index (χ2v) is 15.9. The number of piperazine rings is 2. The van der Waals surface area contributed by atoms with E-state index in [-0.39, 0.29) is 71.4 Å². The maximum atomic E-state index is 15.6. The molecule has 2 saturated heterocycles. The minimum absolute atomic E-state index is 0.0335. The van der Waals surface area contributed by atoms with Crippen molar-refractivity contribution in [3.05, 3.63) is 118 Å². The normalized spacial score (nSPS) is 15.2. The summed E-state index contributed by atoms with van der Waals surface area (Å²) in [6.45, 7) is 8.34. The SMILES string of the molecule is CC(=O)N1CCN(C(=O)C=Cc2ccc(Sc3ccc(C=CC(=O)N4CCN(C(C)=O)CC4)c(-c4ccccc4C)c3C(F)(F)F)c(C(F)(F)F)c2-c2ccccc2C)CC1. The van der Waals surface area contributed by atoms with E-state index in [1.807, 2.05) is 0 Å². The van der Waals surface area contributed by atoms with Gasteiger partial charge in [-0.15, -0.1) is 0 Å². The fourth-order valence-electron chi connectivity index (χ4n) is 7.63. The zero-order chi connectivity index (χ0) is 44.2. The van der Waals surface area contributed by atoms with Gasteiger partial charge >= 0.3 is 12.4 Å². The van der Waals surface area contributed by atoms with E-state index < -0.39 is 45.1 Å². The van der Waals surface area contributed by atoms with E-state index in [4.69, 9.17) is 0 Å². The second-order valence-electron chi connectivity index (χ2n) is 14.9. The van der Waals surface area contributed by atoms with Crippen LogP contribution in [0.2, 0.25) is 0 Å². The van der Waals surface area contributed by atoms with Gasteiger partial charge in [0.2, 0.25) is 23.6 Å². The number of rotatable bonds is 8. The first kappa shape index (κ1) is 44.7. The third-order valence-electron chi connectivity index (χ3n) is 10.9. The van der Waals surface area contributed by atoms with Crippen LogP contribution in [0.3, 0.4) is 0 Å². The smallest absolute Gasteiger partial charge is 0.339 e. The summed E-state index contributed by atoms with van der Waals surface area (Å²) in [7, 11) is 0. The molecule has 0 N–H and O–H groups in total. The maximum Gasteiger partial charge on any atom is 0.418 e. The van der Waals surface area contributed by atoms with Gasteiger partial charge in [-0.1, -0.05) is 72.4 Å². The number of carbonyl (C=O) groups is 4. The molecule has 4 amide bonds. The van der Waals surface area contributed by atoms with Gasteiger partial charge < -0.3 is 19.6 Å². The van der Waals surface area contributed by atoms with Gasteiger partial charge in [-0.25, -0.2) is 0 Å². The third kappa shape index (κ3) is 10.2. The minimum Gasteiger partial charge on any atom is -0.339 e. The summed E-state index contributed by atoms with van der Waals surface area (Å²) in [4.78, 5) is 55.2. The molecule has 0 aromatic heterocycles. The van der Waals surface area contributed by atoms with E-state index >= 15 is 26.3 Å². The number of amides is 4. The standard InChI is InChI=1S/C46H44F6N4O4S/c1-29-9-5-7-11-35(29)41-33(15-19-39(59)55-25-21-53(22-26-55)31(3)57)13-17-37(43(41)45(47,48)49)61-38-18-14-34(16-20-40(60)56-27-23-54(24-28-56)32(4)58)42(44(38)46(50,51)52)36-12-8-6-10-30(36)2/h5-20H,21-28H2,1-4H3. The van der Waals surface area contributed by atoms with E-state index in [0.29, 0.717) is 49.1 Å². The fourth-order valence-corrected chi connectivity index (χ4v) is 8.78. The van der Waals surface area contributed by atoms with Crippen molar-refractivity contribution in [3.63, 3.8) is 0 Å². The molecule has 2 heterocycles. The molecule has 0 aliphatic carbocycles. The number of alkyl halides is 6. The monoisotopic (exact) mass is 862 g/mol. The largest absolute Gasteiger partial charge is 0.418 e. The molecule has 320 valence electrons. The highest BCUT2D eigenvalue weighted by atomic mass is 32.2. The number of carbonyl (C=O) groups excluding carboxylic acids is 4. The number of hydrogen-bond donors (Lipinski definition) is 0. The van der Waals surface area contributed by atoms with E-state index in [1.54, 1.807) is 60.0 Å². The average molecular weight is 863 g/mol. The van der Waals surface area contributed by atoms with Crippen LogP contribution in [-0.4, -0.2) is 95.6 Å². The molecule has 2 aliphatic rings. The molecule has 4 aromatic rings. The van der Waals surface area contributed by atoms with Crippen molar-refractivity contribution in [2.75, 3.05) is 52.4 Å². The minimum atomic E-state index is -5.06. The van der Waals surface area contributed by atoms with Crippen LogP contribution < -0.4 is 0 Å². The molecule has 4 aromatic carbocycles. The van der Waals surface area contributed by atoms with Crippen molar-refractivity contribution >= 4 is 47.5 Å². The average Bonchev–Trinajstić information content (AvgIpc) is 3.21. The predicted octanol–water partition coefficient (Wildman–Crippen LogP) is 9.23. The van der Waals surface area contributed by atoms with Gasteiger partial charge in [0.25, 0.3) is 0 Å². The molecule has 0 spiro atoms. The van der Waals surface area contributed by atoms with E-state index in [1.165, 1.54) is 72.2 Å². The molecule has 61 heavy (non-hydrogen) atoms. The lowest BCUT2D eigenvalue weighted by Crippen LogP contribution is -2.49. The predicted molar refractivity (Wildman–Crippen MR) is 223 cm³/mol. The molecule has 8 nitrogen and oxygen atoms in total. The van der Waals surface area contributed by atoms with Crippen molar-refractivity contribution in [1.29, 1.82) is 0 Å².